The number of ether oxygens (including phenoxy) is 1. The monoisotopic (exact) mass is 280 g/mol. The van der Waals surface area contributed by atoms with Crippen LogP contribution >= 0.6 is 11.6 Å². The van der Waals surface area contributed by atoms with Gasteiger partial charge >= 0.3 is 0 Å². The lowest BCUT2D eigenvalue weighted by Gasteiger charge is -2.33. The number of halogens is 1. The number of hydrogen-bond acceptors (Lipinski definition) is 1. The summed E-state index contributed by atoms with van der Waals surface area (Å²) in [6, 6.07) is 8.40. The van der Waals surface area contributed by atoms with E-state index in [9.17, 15) is 0 Å². The first kappa shape index (κ1) is 14.7. The lowest BCUT2D eigenvalue weighted by molar-refractivity contribution is 0.134. The number of hydrogen-bond donors (Lipinski definition) is 0. The Labute approximate surface area is 122 Å². The second-order valence-electron chi connectivity index (χ2n) is 5.85. The highest BCUT2D eigenvalue weighted by Gasteiger charge is 2.33. The van der Waals surface area contributed by atoms with E-state index in [-0.39, 0.29) is 5.41 Å². The SMILES string of the molecule is CCCCC(CC)(CCl)CC1Cc2ccccc2O1. The van der Waals surface area contributed by atoms with Crippen molar-refractivity contribution >= 4 is 11.6 Å². The van der Waals surface area contributed by atoms with Crippen LogP contribution in [0.2, 0.25) is 0 Å². The second kappa shape index (κ2) is 6.65. The summed E-state index contributed by atoms with van der Waals surface area (Å²) in [6.07, 6.45) is 7.31. The van der Waals surface area contributed by atoms with E-state index < -0.39 is 0 Å². The first-order valence-electron chi connectivity index (χ1n) is 7.53. The van der Waals surface area contributed by atoms with Gasteiger partial charge in [-0.1, -0.05) is 44.9 Å². The zero-order valence-corrected chi connectivity index (χ0v) is 12.9. The van der Waals surface area contributed by atoms with Crippen LogP contribution in [-0.4, -0.2) is 12.0 Å². The summed E-state index contributed by atoms with van der Waals surface area (Å²) in [4.78, 5) is 0. The summed E-state index contributed by atoms with van der Waals surface area (Å²) in [5.41, 5.74) is 1.60. The van der Waals surface area contributed by atoms with E-state index in [0.29, 0.717) is 6.10 Å². The number of para-hydroxylation sites is 1. The molecule has 0 radical (unpaired) electrons. The van der Waals surface area contributed by atoms with Crippen LogP contribution in [0.1, 0.15) is 51.5 Å². The van der Waals surface area contributed by atoms with Crippen LogP contribution < -0.4 is 4.74 Å². The van der Waals surface area contributed by atoms with Crippen LogP contribution in [0.3, 0.4) is 0 Å². The first-order valence-corrected chi connectivity index (χ1v) is 8.07. The Hall–Kier alpha value is -0.690. The summed E-state index contributed by atoms with van der Waals surface area (Å²) in [6.45, 7) is 4.51. The van der Waals surface area contributed by atoms with E-state index in [2.05, 4.69) is 32.0 Å². The fraction of sp³-hybridized carbons (Fsp3) is 0.647. The molecule has 1 aliphatic rings. The number of rotatable bonds is 7. The Morgan fingerprint density at radius 3 is 2.74 bits per heavy atom. The molecular formula is C17H25ClO. The average molecular weight is 281 g/mol. The van der Waals surface area contributed by atoms with Gasteiger partial charge in [0.15, 0.2) is 0 Å². The standard InChI is InChI=1S/C17H25ClO/c1-3-5-10-17(4-2,13-18)12-15-11-14-8-6-7-9-16(14)19-15/h6-9,15H,3-5,10-13H2,1-2H3. The fourth-order valence-corrected chi connectivity index (χ4v) is 3.47. The molecule has 0 amide bonds. The zero-order valence-electron chi connectivity index (χ0n) is 12.1. The number of unbranched alkanes of at least 4 members (excludes halogenated alkanes) is 1. The Balaban J connectivity index is 2.00. The molecule has 1 heterocycles. The molecule has 1 aromatic rings. The van der Waals surface area contributed by atoms with Crippen molar-refractivity contribution in [3.63, 3.8) is 0 Å². The molecule has 0 aromatic heterocycles. The summed E-state index contributed by atoms with van der Waals surface area (Å²) >= 11 is 6.29. The molecule has 0 fully saturated rings. The molecule has 0 N–H and O–H groups in total. The molecule has 1 aromatic carbocycles. The largest absolute Gasteiger partial charge is 0.490 e. The van der Waals surface area contributed by atoms with Gasteiger partial charge in [0.25, 0.3) is 0 Å². The minimum atomic E-state index is 0.254. The van der Waals surface area contributed by atoms with Gasteiger partial charge in [-0.25, -0.2) is 0 Å². The molecule has 0 aliphatic carbocycles. The van der Waals surface area contributed by atoms with Crippen molar-refractivity contribution in [3.05, 3.63) is 29.8 Å². The van der Waals surface area contributed by atoms with Crippen LogP contribution in [0.15, 0.2) is 24.3 Å². The van der Waals surface area contributed by atoms with E-state index in [1.165, 1.54) is 24.8 Å². The summed E-state index contributed by atoms with van der Waals surface area (Å²) < 4.78 is 6.09. The molecule has 0 saturated carbocycles. The van der Waals surface area contributed by atoms with Gasteiger partial charge in [-0.15, -0.1) is 11.6 Å². The van der Waals surface area contributed by atoms with Crippen molar-refractivity contribution < 1.29 is 4.74 Å². The van der Waals surface area contributed by atoms with E-state index in [4.69, 9.17) is 16.3 Å². The van der Waals surface area contributed by atoms with Crippen molar-refractivity contribution in [1.29, 1.82) is 0 Å². The highest BCUT2D eigenvalue weighted by Crippen LogP contribution is 2.40. The van der Waals surface area contributed by atoms with Crippen molar-refractivity contribution in [2.75, 3.05) is 5.88 Å². The molecule has 0 bridgehead atoms. The lowest BCUT2D eigenvalue weighted by Crippen LogP contribution is -2.30. The third kappa shape index (κ3) is 3.45. The van der Waals surface area contributed by atoms with Gasteiger partial charge in [0.2, 0.25) is 0 Å². The van der Waals surface area contributed by atoms with E-state index in [0.717, 1.165) is 30.9 Å². The fourth-order valence-electron chi connectivity index (χ4n) is 3.04. The molecule has 0 saturated heterocycles. The minimum Gasteiger partial charge on any atom is -0.490 e. The van der Waals surface area contributed by atoms with Crippen molar-refractivity contribution in [2.45, 2.75) is 58.5 Å². The molecule has 0 spiro atoms. The highest BCUT2D eigenvalue weighted by atomic mass is 35.5. The first-order chi connectivity index (χ1) is 9.23. The lowest BCUT2D eigenvalue weighted by atomic mass is 9.77. The summed E-state index contributed by atoms with van der Waals surface area (Å²) in [5.74, 6) is 1.82. The van der Waals surface area contributed by atoms with Crippen LogP contribution in [0.4, 0.5) is 0 Å². The predicted molar refractivity (Wildman–Crippen MR) is 82.1 cm³/mol. The van der Waals surface area contributed by atoms with Gasteiger partial charge in [-0.3, -0.25) is 0 Å². The minimum absolute atomic E-state index is 0.254. The Kier molecular flexibility index (Phi) is 5.15. The van der Waals surface area contributed by atoms with Crippen LogP contribution in [0.5, 0.6) is 5.75 Å². The van der Waals surface area contributed by atoms with Gasteiger partial charge in [0.05, 0.1) is 0 Å². The van der Waals surface area contributed by atoms with Gasteiger partial charge in [0, 0.05) is 12.3 Å². The molecule has 2 heteroatoms. The number of benzene rings is 1. The number of fused-ring (bicyclic) bond motifs is 1. The third-order valence-electron chi connectivity index (χ3n) is 4.47. The van der Waals surface area contributed by atoms with E-state index >= 15 is 0 Å². The maximum absolute atomic E-state index is 6.29. The van der Waals surface area contributed by atoms with Gasteiger partial charge in [-0.05, 0) is 36.3 Å². The van der Waals surface area contributed by atoms with Crippen molar-refractivity contribution in [2.24, 2.45) is 5.41 Å². The summed E-state index contributed by atoms with van der Waals surface area (Å²) in [5, 5.41) is 0. The molecule has 1 nitrogen and oxygen atoms in total. The van der Waals surface area contributed by atoms with Crippen LogP contribution in [0.25, 0.3) is 0 Å². The van der Waals surface area contributed by atoms with Crippen LogP contribution in [0, 0.1) is 5.41 Å². The van der Waals surface area contributed by atoms with E-state index in [1.54, 1.807) is 0 Å². The Morgan fingerprint density at radius 2 is 2.11 bits per heavy atom. The quantitative estimate of drug-likeness (QED) is 0.623. The highest BCUT2D eigenvalue weighted by molar-refractivity contribution is 6.18. The van der Waals surface area contributed by atoms with Gasteiger partial charge in [0.1, 0.15) is 11.9 Å². The molecule has 1 aliphatic heterocycles. The molecule has 2 unspecified atom stereocenters. The summed E-state index contributed by atoms with van der Waals surface area (Å²) in [7, 11) is 0. The normalized spacial score (nSPS) is 20.7. The van der Waals surface area contributed by atoms with Gasteiger partial charge in [-0.2, -0.15) is 0 Å². The molecule has 19 heavy (non-hydrogen) atoms. The smallest absolute Gasteiger partial charge is 0.123 e. The third-order valence-corrected chi connectivity index (χ3v) is 5.04. The maximum Gasteiger partial charge on any atom is 0.123 e. The molecule has 2 rings (SSSR count). The molecule has 2 atom stereocenters. The maximum atomic E-state index is 6.29. The Morgan fingerprint density at radius 1 is 1.32 bits per heavy atom. The zero-order chi connectivity index (χ0) is 13.7. The van der Waals surface area contributed by atoms with Crippen LogP contribution in [-0.2, 0) is 6.42 Å². The average Bonchev–Trinajstić information content (AvgIpc) is 2.85. The topological polar surface area (TPSA) is 9.23 Å². The molecule has 106 valence electrons. The van der Waals surface area contributed by atoms with Crippen molar-refractivity contribution in [3.8, 4) is 5.75 Å². The second-order valence-corrected chi connectivity index (χ2v) is 6.11. The Bertz CT molecular complexity index is 373. The molecular weight excluding hydrogens is 256 g/mol. The van der Waals surface area contributed by atoms with Crippen molar-refractivity contribution in [1.82, 2.24) is 0 Å². The predicted octanol–water partition coefficient (Wildman–Crippen LogP) is 5.21. The van der Waals surface area contributed by atoms with E-state index in [1.807, 2.05) is 6.07 Å². The number of alkyl halides is 1. The van der Waals surface area contributed by atoms with Gasteiger partial charge < -0.3 is 4.74 Å².